The van der Waals surface area contributed by atoms with Gasteiger partial charge in [-0.15, -0.1) is 0 Å². The molecule has 6 nitrogen and oxygen atoms in total. The highest BCUT2D eigenvalue weighted by Gasteiger charge is 2.37. The molecule has 0 amide bonds. The SMILES string of the molecule is COC(=O)c1ccc(Cn2ccc3cc(N4CCC5(CCNC5)CC4)cnc32)cc1. The van der Waals surface area contributed by atoms with Crippen LogP contribution in [0.5, 0.6) is 0 Å². The Hall–Kier alpha value is -2.86. The minimum Gasteiger partial charge on any atom is -0.465 e. The smallest absolute Gasteiger partial charge is 0.337 e. The number of hydrogen-bond donors (Lipinski definition) is 1. The topological polar surface area (TPSA) is 59.4 Å². The number of pyridine rings is 1. The van der Waals surface area contributed by atoms with Gasteiger partial charge in [-0.25, -0.2) is 9.78 Å². The van der Waals surface area contributed by atoms with E-state index in [0.29, 0.717) is 11.0 Å². The Morgan fingerprint density at radius 3 is 2.67 bits per heavy atom. The average molecular weight is 405 g/mol. The van der Waals surface area contributed by atoms with E-state index in [9.17, 15) is 4.79 Å². The summed E-state index contributed by atoms with van der Waals surface area (Å²) in [5, 5.41) is 4.71. The molecular formula is C24H28N4O2. The van der Waals surface area contributed by atoms with Gasteiger partial charge in [-0.05, 0) is 61.1 Å². The zero-order valence-corrected chi connectivity index (χ0v) is 17.4. The lowest BCUT2D eigenvalue weighted by atomic mass is 9.78. The molecule has 5 rings (SSSR count). The van der Waals surface area contributed by atoms with Gasteiger partial charge in [0, 0.05) is 37.8 Å². The first kappa shape index (κ1) is 19.1. The molecule has 30 heavy (non-hydrogen) atoms. The molecule has 6 heteroatoms. The maximum atomic E-state index is 11.6. The number of nitrogens with one attached hydrogen (secondary N) is 1. The van der Waals surface area contributed by atoms with Gasteiger partial charge in [0.1, 0.15) is 5.65 Å². The number of fused-ring (bicyclic) bond motifs is 1. The molecular weight excluding hydrogens is 376 g/mol. The fourth-order valence-electron chi connectivity index (χ4n) is 4.89. The number of anilines is 1. The monoisotopic (exact) mass is 404 g/mol. The van der Waals surface area contributed by atoms with Crippen molar-refractivity contribution in [3.63, 3.8) is 0 Å². The molecule has 2 saturated heterocycles. The predicted molar refractivity (Wildman–Crippen MR) is 118 cm³/mol. The first-order valence-corrected chi connectivity index (χ1v) is 10.7. The van der Waals surface area contributed by atoms with Crippen LogP contribution in [-0.4, -0.2) is 48.8 Å². The van der Waals surface area contributed by atoms with Gasteiger partial charge in [0.05, 0.1) is 24.6 Å². The minimum absolute atomic E-state index is 0.310. The number of piperidine rings is 1. The van der Waals surface area contributed by atoms with Crippen molar-refractivity contribution in [1.29, 1.82) is 0 Å². The summed E-state index contributed by atoms with van der Waals surface area (Å²) in [6, 6.07) is 12.0. The molecule has 2 aliphatic rings. The Morgan fingerprint density at radius 1 is 1.17 bits per heavy atom. The Kier molecular flexibility index (Phi) is 4.95. The fraction of sp³-hybridized carbons (Fsp3) is 0.417. The molecule has 0 bridgehead atoms. The summed E-state index contributed by atoms with van der Waals surface area (Å²) in [6.45, 7) is 5.30. The average Bonchev–Trinajstić information content (AvgIpc) is 3.41. The first-order chi connectivity index (χ1) is 14.7. The van der Waals surface area contributed by atoms with Crippen molar-refractivity contribution in [2.24, 2.45) is 5.41 Å². The van der Waals surface area contributed by atoms with Gasteiger partial charge in [0.25, 0.3) is 0 Å². The van der Waals surface area contributed by atoms with Crippen LogP contribution in [0.1, 0.15) is 35.2 Å². The third kappa shape index (κ3) is 3.56. The minimum atomic E-state index is -0.310. The van der Waals surface area contributed by atoms with Gasteiger partial charge < -0.3 is 19.5 Å². The number of ether oxygens (including phenoxy) is 1. The summed E-state index contributed by atoms with van der Waals surface area (Å²) in [5.41, 5.74) is 4.43. The van der Waals surface area contributed by atoms with Crippen LogP contribution in [0.4, 0.5) is 5.69 Å². The standard InChI is InChI=1S/C24H28N4O2/c1-30-23(29)19-4-2-18(3-5-19)16-28-11-6-20-14-21(15-26-22(20)28)27-12-8-24(9-13-27)7-10-25-17-24/h2-6,11,14-15,25H,7-10,12-13,16-17H2,1H3. The van der Waals surface area contributed by atoms with Crippen LogP contribution in [0.2, 0.25) is 0 Å². The van der Waals surface area contributed by atoms with Gasteiger partial charge in [-0.3, -0.25) is 0 Å². The van der Waals surface area contributed by atoms with E-state index in [1.807, 2.05) is 18.3 Å². The highest BCUT2D eigenvalue weighted by atomic mass is 16.5. The number of carbonyl (C=O) groups is 1. The zero-order chi connectivity index (χ0) is 20.6. The number of methoxy groups -OCH3 is 1. The largest absolute Gasteiger partial charge is 0.465 e. The molecule has 1 spiro atoms. The Bertz CT molecular complexity index is 1040. The van der Waals surface area contributed by atoms with Gasteiger partial charge in [-0.2, -0.15) is 0 Å². The van der Waals surface area contributed by atoms with Crippen molar-refractivity contribution in [2.75, 3.05) is 38.2 Å². The maximum Gasteiger partial charge on any atom is 0.337 e. The zero-order valence-electron chi connectivity index (χ0n) is 17.4. The molecule has 0 saturated carbocycles. The van der Waals surface area contributed by atoms with Crippen molar-refractivity contribution in [1.82, 2.24) is 14.9 Å². The number of rotatable bonds is 4. The number of carbonyl (C=O) groups excluding carboxylic acids is 1. The lowest BCUT2D eigenvalue weighted by molar-refractivity contribution is 0.0600. The van der Waals surface area contributed by atoms with Crippen molar-refractivity contribution in [2.45, 2.75) is 25.8 Å². The maximum absolute atomic E-state index is 11.6. The van der Waals surface area contributed by atoms with E-state index < -0.39 is 0 Å². The molecule has 0 unspecified atom stereocenters. The summed E-state index contributed by atoms with van der Waals surface area (Å²) >= 11 is 0. The number of nitrogens with zero attached hydrogens (tertiary/aromatic N) is 3. The second kappa shape index (κ2) is 7.76. The normalized spacial score (nSPS) is 18.2. The first-order valence-electron chi connectivity index (χ1n) is 10.7. The molecule has 0 aliphatic carbocycles. The van der Waals surface area contributed by atoms with E-state index in [4.69, 9.17) is 9.72 Å². The molecule has 0 radical (unpaired) electrons. The number of benzene rings is 1. The van der Waals surface area contributed by atoms with Crippen LogP contribution < -0.4 is 10.2 Å². The Morgan fingerprint density at radius 2 is 1.97 bits per heavy atom. The van der Waals surface area contributed by atoms with Crippen molar-refractivity contribution < 1.29 is 9.53 Å². The molecule has 4 heterocycles. The second-order valence-electron chi connectivity index (χ2n) is 8.65. The molecule has 2 aliphatic heterocycles. The van der Waals surface area contributed by atoms with E-state index in [1.54, 1.807) is 12.1 Å². The lowest BCUT2D eigenvalue weighted by Crippen LogP contribution is -2.41. The van der Waals surface area contributed by atoms with Gasteiger partial charge >= 0.3 is 5.97 Å². The molecule has 2 aromatic heterocycles. The summed E-state index contributed by atoms with van der Waals surface area (Å²) in [6.07, 6.45) is 7.96. The second-order valence-corrected chi connectivity index (χ2v) is 8.65. The van der Waals surface area contributed by atoms with Crippen LogP contribution in [-0.2, 0) is 11.3 Å². The number of aromatic nitrogens is 2. The van der Waals surface area contributed by atoms with Crippen LogP contribution >= 0.6 is 0 Å². The summed E-state index contributed by atoms with van der Waals surface area (Å²) in [5.74, 6) is -0.310. The molecule has 1 aromatic carbocycles. The third-order valence-electron chi connectivity index (χ3n) is 6.84. The summed E-state index contributed by atoms with van der Waals surface area (Å²) in [4.78, 5) is 18.9. The van der Waals surface area contributed by atoms with E-state index in [2.05, 4.69) is 33.1 Å². The van der Waals surface area contributed by atoms with Crippen molar-refractivity contribution >= 4 is 22.7 Å². The van der Waals surface area contributed by atoms with Gasteiger partial charge in [0.15, 0.2) is 0 Å². The Balaban J connectivity index is 1.30. The molecule has 2 fully saturated rings. The van der Waals surface area contributed by atoms with E-state index >= 15 is 0 Å². The van der Waals surface area contributed by atoms with Crippen LogP contribution in [0, 0.1) is 5.41 Å². The quantitative estimate of drug-likeness (QED) is 0.675. The van der Waals surface area contributed by atoms with E-state index in [1.165, 1.54) is 50.5 Å². The highest BCUT2D eigenvalue weighted by Crippen LogP contribution is 2.38. The highest BCUT2D eigenvalue weighted by molar-refractivity contribution is 5.89. The number of hydrogen-bond acceptors (Lipinski definition) is 5. The fourth-order valence-corrected chi connectivity index (χ4v) is 4.89. The number of esters is 1. The predicted octanol–water partition coefficient (Wildman–Crippen LogP) is 3.45. The summed E-state index contributed by atoms with van der Waals surface area (Å²) < 4.78 is 6.92. The molecule has 1 N–H and O–H groups in total. The van der Waals surface area contributed by atoms with Crippen LogP contribution in [0.25, 0.3) is 11.0 Å². The van der Waals surface area contributed by atoms with Gasteiger partial charge in [0.2, 0.25) is 0 Å². The lowest BCUT2D eigenvalue weighted by Gasteiger charge is -2.39. The van der Waals surface area contributed by atoms with Crippen LogP contribution in [0.3, 0.4) is 0 Å². The Labute approximate surface area is 176 Å². The summed E-state index contributed by atoms with van der Waals surface area (Å²) in [7, 11) is 1.40. The van der Waals surface area contributed by atoms with Crippen molar-refractivity contribution in [3.05, 3.63) is 59.9 Å². The van der Waals surface area contributed by atoms with E-state index in [-0.39, 0.29) is 5.97 Å². The third-order valence-corrected chi connectivity index (χ3v) is 6.84. The van der Waals surface area contributed by atoms with Gasteiger partial charge in [-0.1, -0.05) is 12.1 Å². The molecule has 0 atom stereocenters. The van der Waals surface area contributed by atoms with Crippen molar-refractivity contribution in [3.8, 4) is 0 Å². The molecule has 156 valence electrons. The molecule has 3 aromatic rings. The van der Waals surface area contributed by atoms with E-state index in [0.717, 1.165) is 30.8 Å². The van der Waals surface area contributed by atoms with Crippen LogP contribution in [0.15, 0.2) is 48.8 Å².